The summed E-state index contributed by atoms with van der Waals surface area (Å²) in [6.07, 6.45) is 1.61. The molecule has 0 spiro atoms. The van der Waals surface area contributed by atoms with Gasteiger partial charge in [0.25, 0.3) is 11.6 Å². The van der Waals surface area contributed by atoms with Gasteiger partial charge in [-0.1, -0.05) is 12.1 Å². The molecule has 3 rings (SSSR count). The van der Waals surface area contributed by atoms with Gasteiger partial charge >= 0.3 is 5.97 Å². The van der Waals surface area contributed by atoms with Crippen LogP contribution in [0, 0.1) is 15.9 Å². The maximum absolute atomic E-state index is 13.5. The summed E-state index contributed by atoms with van der Waals surface area (Å²) in [5.41, 5.74) is 0.195. The number of nitro groups is 1. The van der Waals surface area contributed by atoms with E-state index in [0.717, 1.165) is 32.1 Å². The molecule has 8 heteroatoms. The van der Waals surface area contributed by atoms with Crippen LogP contribution in [0.2, 0.25) is 0 Å². The summed E-state index contributed by atoms with van der Waals surface area (Å²) in [5.74, 6) is -1.62. The number of esters is 1. The topological polar surface area (TPSA) is 89.8 Å². The number of amides is 1. The van der Waals surface area contributed by atoms with Gasteiger partial charge in [-0.05, 0) is 36.6 Å². The quantitative estimate of drug-likeness (QED) is 0.441. The first-order chi connectivity index (χ1) is 12.9. The fourth-order valence-corrected chi connectivity index (χ4v) is 2.83. The lowest BCUT2D eigenvalue weighted by Gasteiger charge is -2.23. The molecule has 0 unspecified atom stereocenters. The highest BCUT2D eigenvalue weighted by atomic mass is 19.1. The van der Waals surface area contributed by atoms with Crippen molar-refractivity contribution in [2.75, 3.05) is 7.11 Å². The molecule has 0 radical (unpaired) electrons. The first kappa shape index (κ1) is 18.5. The highest BCUT2D eigenvalue weighted by Crippen LogP contribution is 2.31. The molecule has 1 fully saturated rings. The molecule has 0 heterocycles. The van der Waals surface area contributed by atoms with Gasteiger partial charge in [0.1, 0.15) is 5.82 Å². The van der Waals surface area contributed by atoms with E-state index in [1.165, 1.54) is 18.2 Å². The standard InChI is InChI=1S/C19H17FN2O5/c1-27-19(24)14-8-13(9-17(10-14)22(25)26)18(23)21(16-5-6-16)11-12-3-2-4-15(20)7-12/h2-4,7-10,16H,5-6,11H2,1H3. The van der Waals surface area contributed by atoms with Crippen LogP contribution in [0.4, 0.5) is 10.1 Å². The first-order valence-corrected chi connectivity index (χ1v) is 8.32. The number of methoxy groups -OCH3 is 1. The lowest BCUT2D eigenvalue weighted by molar-refractivity contribution is -0.384. The van der Waals surface area contributed by atoms with E-state index in [1.807, 2.05) is 0 Å². The van der Waals surface area contributed by atoms with Gasteiger partial charge in [0.05, 0.1) is 17.6 Å². The van der Waals surface area contributed by atoms with E-state index in [4.69, 9.17) is 0 Å². The van der Waals surface area contributed by atoms with Gasteiger partial charge < -0.3 is 9.64 Å². The number of hydrogen-bond acceptors (Lipinski definition) is 5. The lowest BCUT2D eigenvalue weighted by Crippen LogP contribution is -2.32. The average Bonchev–Trinajstić information content (AvgIpc) is 3.49. The summed E-state index contributed by atoms with van der Waals surface area (Å²) < 4.78 is 18.1. The molecule has 27 heavy (non-hydrogen) atoms. The van der Waals surface area contributed by atoms with Crippen LogP contribution in [0.3, 0.4) is 0 Å². The molecule has 0 N–H and O–H groups in total. The van der Waals surface area contributed by atoms with Crippen molar-refractivity contribution in [1.29, 1.82) is 0 Å². The molecule has 1 amide bonds. The van der Waals surface area contributed by atoms with E-state index in [1.54, 1.807) is 17.0 Å². The van der Waals surface area contributed by atoms with E-state index < -0.39 is 22.6 Å². The number of non-ortho nitro benzene ring substituents is 1. The van der Waals surface area contributed by atoms with Crippen LogP contribution in [0.15, 0.2) is 42.5 Å². The molecule has 2 aromatic rings. The van der Waals surface area contributed by atoms with E-state index in [9.17, 15) is 24.1 Å². The summed E-state index contributed by atoms with van der Waals surface area (Å²) in [7, 11) is 1.16. The third-order valence-corrected chi connectivity index (χ3v) is 4.29. The molecular formula is C19H17FN2O5. The van der Waals surface area contributed by atoms with Crippen molar-refractivity contribution >= 4 is 17.6 Å². The van der Waals surface area contributed by atoms with Crippen molar-refractivity contribution in [3.63, 3.8) is 0 Å². The van der Waals surface area contributed by atoms with Gasteiger partial charge in [-0.2, -0.15) is 0 Å². The van der Waals surface area contributed by atoms with Crippen LogP contribution in [0.5, 0.6) is 0 Å². The number of nitrogens with zero attached hydrogens (tertiary/aromatic N) is 2. The molecule has 1 aliphatic carbocycles. The Labute approximate surface area is 154 Å². The number of halogens is 1. The molecule has 0 atom stereocenters. The fraction of sp³-hybridized carbons (Fsp3) is 0.263. The van der Waals surface area contributed by atoms with Crippen LogP contribution < -0.4 is 0 Å². The van der Waals surface area contributed by atoms with Gasteiger partial charge in [-0.3, -0.25) is 14.9 Å². The Bertz CT molecular complexity index is 911. The van der Waals surface area contributed by atoms with Crippen molar-refractivity contribution in [3.8, 4) is 0 Å². The van der Waals surface area contributed by atoms with Crippen molar-refractivity contribution in [1.82, 2.24) is 4.90 Å². The van der Waals surface area contributed by atoms with Crippen LogP contribution >= 0.6 is 0 Å². The zero-order chi connectivity index (χ0) is 19.6. The van der Waals surface area contributed by atoms with Crippen molar-refractivity contribution in [2.45, 2.75) is 25.4 Å². The number of nitro benzene ring substituents is 1. The predicted molar refractivity (Wildman–Crippen MR) is 93.7 cm³/mol. The second kappa shape index (κ2) is 7.53. The Morgan fingerprint density at radius 3 is 2.52 bits per heavy atom. The van der Waals surface area contributed by atoms with Crippen LogP contribution in [0.25, 0.3) is 0 Å². The average molecular weight is 372 g/mol. The smallest absolute Gasteiger partial charge is 0.338 e. The maximum atomic E-state index is 13.5. The summed E-state index contributed by atoms with van der Waals surface area (Å²) in [6, 6.07) is 9.39. The van der Waals surface area contributed by atoms with Gasteiger partial charge in [-0.15, -0.1) is 0 Å². The minimum atomic E-state index is -0.768. The highest BCUT2D eigenvalue weighted by Gasteiger charge is 2.34. The SMILES string of the molecule is COC(=O)c1cc(C(=O)N(Cc2cccc(F)c2)C2CC2)cc([N+](=O)[O-])c1. The molecular weight excluding hydrogens is 355 g/mol. The summed E-state index contributed by atoms with van der Waals surface area (Å²) in [5, 5.41) is 11.2. The number of benzene rings is 2. The van der Waals surface area contributed by atoms with Gasteiger partial charge in [0, 0.05) is 30.3 Å². The summed E-state index contributed by atoms with van der Waals surface area (Å²) in [6.45, 7) is 0.178. The first-order valence-electron chi connectivity index (χ1n) is 8.32. The van der Waals surface area contributed by atoms with Crippen molar-refractivity contribution in [2.24, 2.45) is 0 Å². The third kappa shape index (κ3) is 4.28. The number of carbonyl (C=O) groups is 2. The second-order valence-corrected chi connectivity index (χ2v) is 6.31. The number of carbonyl (C=O) groups excluding carboxylic acids is 2. The van der Waals surface area contributed by atoms with E-state index in [-0.39, 0.29) is 29.4 Å². The summed E-state index contributed by atoms with van der Waals surface area (Å²) in [4.78, 5) is 36.9. The molecule has 140 valence electrons. The zero-order valence-corrected chi connectivity index (χ0v) is 14.6. The van der Waals surface area contributed by atoms with E-state index in [2.05, 4.69) is 4.74 Å². The minimum absolute atomic E-state index is 0.0124. The molecule has 7 nitrogen and oxygen atoms in total. The second-order valence-electron chi connectivity index (χ2n) is 6.31. The van der Waals surface area contributed by atoms with Crippen molar-refractivity contribution in [3.05, 3.63) is 75.1 Å². The molecule has 0 bridgehead atoms. The lowest BCUT2D eigenvalue weighted by atomic mass is 10.1. The molecule has 0 aromatic heterocycles. The maximum Gasteiger partial charge on any atom is 0.338 e. The van der Waals surface area contributed by atoms with E-state index >= 15 is 0 Å². The summed E-state index contributed by atoms with van der Waals surface area (Å²) >= 11 is 0. The molecule has 1 aliphatic rings. The van der Waals surface area contributed by atoms with Crippen molar-refractivity contribution < 1.29 is 23.6 Å². The van der Waals surface area contributed by atoms with E-state index in [0.29, 0.717) is 5.56 Å². The minimum Gasteiger partial charge on any atom is -0.465 e. The molecule has 0 aliphatic heterocycles. The van der Waals surface area contributed by atoms with Crippen LogP contribution in [-0.2, 0) is 11.3 Å². The molecule has 0 saturated heterocycles. The van der Waals surface area contributed by atoms with Gasteiger partial charge in [-0.25, -0.2) is 9.18 Å². The monoisotopic (exact) mass is 372 g/mol. The zero-order valence-electron chi connectivity index (χ0n) is 14.6. The van der Waals surface area contributed by atoms with Crippen LogP contribution in [0.1, 0.15) is 39.1 Å². The third-order valence-electron chi connectivity index (χ3n) is 4.29. The Balaban J connectivity index is 1.95. The Hall–Kier alpha value is -3.29. The number of hydrogen-bond donors (Lipinski definition) is 0. The predicted octanol–water partition coefficient (Wildman–Crippen LogP) is 3.33. The Morgan fingerprint density at radius 2 is 1.93 bits per heavy atom. The number of ether oxygens (including phenoxy) is 1. The Morgan fingerprint density at radius 1 is 1.22 bits per heavy atom. The van der Waals surface area contributed by atoms with Gasteiger partial charge in [0.15, 0.2) is 0 Å². The largest absolute Gasteiger partial charge is 0.465 e. The molecule has 2 aromatic carbocycles. The molecule has 1 saturated carbocycles. The number of rotatable bonds is 6. The fourth-order valence-electron chi connectivity index (χ4n) is 2.83. The van der Waals surface area contributed by atoms with Gasteiger partial charge in [0.2, 0.25) is 0 Å². The van der Waals surface area contributed by atoms with Crippen LogP contribution in [-0.4, -0.2) is 34.9 Å². The highest BCUT2D eigenvalue weighted by molar-refractivity contribution is 5.99. The Kier molecular flexibility index (Phi) is 5.16. The normalized spacial score (nSPS) is 13.1.